The third-order valence-electron chi connectivity index (χ3n) is 1.43. The van der Waals surface area contributed by atoms with Gasteiger partial charge in [0.2, 0.25) is 0 Å². The zero-order valence-electron chi connectivity index (χ0n) is 6.37. The molecule has 1 aromatic carbocycles. The van der Waals surface area contributed by atoms with Gasteiger partial charge >= 0.3 is 0 Å². The van der Waals surface area contributed by atoms with Crippen LogP contribution in [0.5, 0.6) is 0 Å². The highest BCUT2D eigenvalue weighted by molar-refractivity contribution is 6.32. The smallest absolute Gasteiger partial charge is 0.288 e. The molecule has 0 radical (unpaired) electrons. The molecule has 0 saturated heterocycles. The van der Waals surface area contributed by atoms with Gasteiger partial charge in [-0.1, -0.05) is 11.6 Å². The number of hydrogen-bond donors (Lipinski definition) is 1. The molecule has 0 aliphatic heterocycles. The third-order valence-corrected chi connectivity index (χ3v) is 1.74. The van der Waals surface area contributed by atoms with E-state index in [0.29, 0.717) is 0 Å². The topological polar surface area (TPSA) is 55.2 Å². The molecule has 64 valence electrons. The minimum atomic E-state index is -0.512. The van der Waals surface area contributed by atoms with E-state index >= 15 is 0 Å². The molecule has 4 nitrogen and oxygen atoms in total. The second-order valence-corrected chi connectivity index (χ2v) is 2.58. The Balaban J connectivity index is 3.12. The molecule has 1 rings (SSSR count). The number of nitrogens with zero attached hydrogens (tertiary/aromatic N) is 1. The molecule has 12 heavy (non-hydrogen) atoms. The van der Waals surface area contributed by atoms with Crippen molar-refractivity contribution in [3.63, 3.8) is 0 Å². The van der Waals surface area contributed by atoms with Crippen molar-refractivity contribution in [1.29, 1.82) is 0 Å². The van der Waals surface area contributed by atoms with Crippen LogP contribution in [-0.4, -0.2) is 12.0 Å². The molecule has 0 aromatic heterocycles. The lowest BCUT2D eigenvalue weighted by atomic mass is 10.3. The van der Waals surface area contributed by atoms with Crippen LogP contribution in [0.15, 0.2) is 18.2 Å². The summed E-state index contributed by atoms with van der Waals surface area (Å²) in [4.78, 5) is 9.81. The molecule has 0 unspecified atom stereocenters. The van der Waals surface area contributed by atoms with Crippen LogP contribution in [0.25, 0.3) is 0 Å². The minimum absolute atomic E-state index is 0.0735. The molecule has 1 aromatic rings. The van der Waals surface area contributed by atoms with Crippen molar-refractivity contribution in [3.05, 3.63) is 33.3 Å². The average Bonchev–Trinajstić information content (AvgIpc) is 2.03. The standard InChI is InChI=1S/C7H7ClN2O2/c1-9-5-2-3-7(10(11)12)6(8)4-5/h2-4,9H,1H3. The van der Waals surface area contributed by atoms with Gasteiger partial charge in [-0.05, 0) is 12.1 Å². The van der Waals surface area contributed by atoms with Gasteiger partial charge in [0.1, 0.15) is 5.02 Å². The molecule has 0 aliphatic carbocycles. The molecule has 0 bridgehead atoms. The monoisotopic (exact) mass is 186 g/mol. The van der Waals surface area contributed by atoms with Crippen molar-refractivity contribution < 1.29 is 4.92 Å². The van der Waals surface area contributed by atoms with Crippen molar-refractivity contribution in [1.82, 2.24) is 0 Å². The predicted molar refractivity (Wildman–Crippen MR) is 47.7 cm³/mol. The molecular weight excluding hydrogens is 180 g/mol. The average molecular weight is 187 g/mol. The fourth-order valence-corrected chi connectivity index (χ4v) is 1.06. The molecule has 0 saturated carbocycles. The summed E-state index contributed by atoms with van der Waals surface area (Å²) in [5, 5.41) is 13.3. The van der Waals surface area contributed by atoms with Gasteiger partial charge in [-0.3, -0.25) is 10.1 Å². The predicted octanol–water partition coefficient (Wildman–Crippen LogP) is 2.29. The molecule has 0 amide bonds. The van der Waals surface area contributed by atoms with Crippen LogP contribution >= 0.6 is 11.6 Å². The molecule has 0 atom stereocenters. The minimum Gasteiger partial charge on any atom is -0.388 e. The van der Waals surface area contributed by atoms with Crippen LogP contribution in [0, 0.1) is 10.1 Å². The van der Waals surface area contributed by atoms with Gasteiger partial charge in [0.25, 0.3) is 5.69 Å². The van der Waals surface area contributed by atoms with E-state index < -0.39 is 4.92 Å². The molecule has 0 spiro atoms. The fraction of sp³-hybridized carbons (Fsp3) is 0.143. The van der Waals surface area contributed by atoms with E-state index in [4.69, 9.17) is 11.6 Å². The number of halogens is 1. The highest BCUT2D eigenvalue weighted by Gasteiger charge is 2.10. The number of hydrogen-bond acceptors (Lipinski definition) is 3. The van der Waals surface area contributed by atoms with Crippen LogP contribution < -0.4 is 5.32 Å². The van der Waals surface area contributed by atoms with E-state index in [1.165, 1.54) is 12.1 Å². The van der Waals surface area contributed by atoms with Crippen LogP contribution in [0.3, 0.4) is 0 Å². The van der Waals surface area contributed by atoms with Gasteiger partial charge in [-0.15, -0.1) is 0 Å². The van der Waals surface area contributed by atoms with Crippen molar-refractivity contribution in [2.75, 3.05) is 12.4 Å². The second kappa shape index (κ2) is 3.40. The number of anilines is 1. The first kappa shape index (κ1) is 8.80. The molecular formula is C7H7ClN2O2. The number of nitro groups is 1. The largest absolute Gasteiger partial charge is 0.388 e. The van der Waals surface area contributed by atoms with E-state index in [1.54, 1.807) is 13.1 Å². The van der Waals surface area contributed by atoms with E-state index in [0.717, 1.165) is 5.69 Å². The van der Waals surface area contributed by atoms with Gasteiger partial charge in [0, 0.05) is 18.8 Å². The van der Waals surface area contributed by atoms with Gasteiger partial charge < -0.3 is 5.32 Å². The van der Waals surface area contributed by atoms with Gasteiger partial charge in [-0.2, -0.15) is 0 Å². The molecule has 0 aliphatic rings. The quantitative estimate of drug-likeness (QED) is 0.570. The fourth-order valence-electron chi connectivity index (χ4n) is 0.810. The summed E-state index contributed by atoms with van der Waals surface area (Å²) in [6.07, 6.45) is 0. The van der Waals surface area contributed by atoms with Crippen LogP contribution in [0.1, 0.15) is 0 Å². The van der Waals surface area contributed by atoms with Gasteiger partial charge in [-0.25, -0.2) is 0 Å². The van der Waals surface area contributed by atoms with Gasteiger partial charge in [0.15, 0.2) is 0 Å². The number of nitrogens with one attached hydrogen (secondary N) is 1. The zero-order valence-corrected chi connectivity index (χ0v) is 7.13. The first-order valence-corrected chi connectivity index (χ1v) is 3.64. The Morgan fingerprint density at radius 2 is 2.25 bits per heavy atom. The summed E-state index contributed by atoms with van der Waals surface area (Å²) >= 11 is 5.62. The summed E-state index contributed by atoms with van der Waals surface area (Å²) in [7, 11) is 1.72. The Hall–Kier alpha value is -1.29. The van der Waals surface area contributed by atoms with Crippen molar-refractivity contribution in [3.8, 4) is 0 Å². The summed E-state index contributed by atoms with van der Waals surface area (Å²) in [6, 6.07) is 4.48. The summed E-state index contributed by atoms with van der Waals surface area (Å²) in [5.41, 5.74) is 0.682. The van der Waals surface area contributed by atoms with Crippen LogP contribution in [-0.2, 0) is 0 Å². The Morgan fingerprint density at radius 1 is 1.58 bits per heavy atom. The Labute approximate surface area is 74.3 Å². The van der Waals surface area contributed by atoms with Gasteiger partial charge in [0.05, 0.1) is 4.92 Å². The SMILES string of the molecule is CNc1ccc([N+](=O)[O-])c(Cl)c1. The number of nitro benzene ring substituents is 1. The normalized spacial score (nSPS) is 9.50. The Kier molecular flexibility index (Phi) is 2.50. The Morgan fingerprint density at radius 3 is 2.67 bits per heavy atom. The summed E-state index contributed by atoms with van der Waals surface area (Å²) in [5.74, 6) is 0. The molecule has 5 heteroatoms. The van der Waals surface area contributed by atoms with E-state index in [-0.39, 0.29) is 10.7 Å². The second-order valence-electron chi connectivity index (χ2n) is 2.17. The van der Waals surface area contributed by atoms with Crippen molar-refractivity contribution in [2.45, 2.75) is 0 Å². The summed E-state index contributed by atoms with van der Waals surface area (Å²) in [6.45, 7) is 0. The maximum Gasteiger partial charge on any atom is 0.288 e. The number of rotatable bonds is 2. The zero-order chi connectivity index (χ0) is 9.14. The molecule has 0 fully saturated rings. The lowest BCUT2D eigenvalue weighted by molar-refractivity contribution is -0.384. The molecule has 1 N–H and O–H groups in total. The molecule has 0 heterocycles. The lowest BCUT2D eigenvalue weighted by Gasteiger charge is -1.99. The number of benzene rings is 1. The summed E-state index contributed by atoms with van der Waals surface area (Å²) < 4.78 is 0. The van der Waals surface area contributed by atoms with Crippen LogP contribution in [0.2, 0.25) is 5.02 Å². The highest BCUT2D eigenvalue weighted by atomic mass is 35.5. The third kappa shape index (κ3) is 1.65. The lowest BCUT2D eigenvalue weighted by Crippen LogP contribution is -1.91. The Bertz CT molecular complexity index is 314. The van der Waals surface area contributed by atoms with Crippen molar-refractivity contribution in [2.24, 2.45) is 0 Å². The maximum atomic E-state index is 10.3. The van der Waals surface area contributed by atoms with Crippen LogP contribution in [0.4, 0.5) is 11.4 Å². The van der Waals surface area contributed by atoms with E-state index in [1.807, 2.05) is 0 Å². The first-order chi connectivity index (χ1) is 5.65. The van der Waals surface area contributed by atoms with E-state index in [2.05, 4.69) is 5.32 Å². The van der Waals surface area contributed by atoms with E-state index in [9.17, 15) is 10.1 Å². The maximum absolute atomic E-state index is 10.3. The highest BCUT2D eigenvalue weighted by Crippen LogP contribution is 2.26. The van der Waals surface area contributed by atoms with Crippen molar-refractivity contribution >= 4 is 23.0 Å². The first-order valence-electron chi connectivity index (χ1n) is 3.27.